The normalized spacial score (nSPS) is 12.2. The molecule has 0 aromatic heterocycles. The lowest BCUT2D eigenvalue weighted by molar-refractivity contribution is -0.141. The van der Waals surface area contributed by atoms with Crippen molar-refractivity contribution in [3.63, 3.8) is 0 Å². The SMILES string of the molecule is CS(C)(Br)CC(=O)OCc1ccccc1. The van der Waals surface area contributed by atoms with Gasteiger partial charge in [-0.2, -0.15) is 8.46 Å². The van der Waals surface area contributed by atoms with Crippen LogP contribution in [0.25, 0.3) is 0 Å². The van der Waals surface area contributed by atoms with Gasteiger partial charge in [-0.3, -0.25) is 4.79 Å². The Hall–Kier alpha value is -0.480. The van der Waals surface area contributed by atoms with Gasteiger partial charge in [-0.1, -0.05) is 30.3 Å². The molecule has 2 nitrogen and oxygen atoms in total. The number of esters is 1. The molecular weight excluding hydrogens is 276 g/mol. The van der Waals surface area contributed by atoms with Gasteiger partial charge in [0, 0.05) is 0 Å². The van der Waals surface area contributed by atoms with Gasteiger partial charge in [0.2, 0.25) is 0 Å². The number of hydrogen-bond acceptors (Lipinski definition) is 2. The highest BCUT2D eigenvalue weighted by Crippen LogP contribution is 2.47. The Kier molecular flexibility index (Phi) is 4.67. The topological polar surface area (TPSA) is 26.3 Å². The largest absolute Gasteiger partial charge is 0.460 e. The van der Waals surface area contributed by atoms with Crippen LogP contribution in [0.4, 0.5) is 0 Å². The summed E-state index contributed by atoms with van der Waals surface area (Å²) in [6.45, 7) is 0.363. The molecule has 0 heterocycles. The Morgan fingerprint density at radius 3 is 2.47 bits per heavy atom. The lowest BCUT2D eigenvalue weighted by Crippen LogP contribution is -2.12. The Balaban J connectivity index is 2.35. The van der Waals surface area contributed by atoms with E-state index in [0.29, 0.717) is 12.4 Å². The Morgan fingerprint density at radius 2 is 1.93 bits per heavy atom. The molecule has 0 saturated carbocycles. The molecule has 4 heteroatoms. The molecule has 0 fully saturated rings. The van der Waals surface area contributed by atoms with Crippen LogP contribution in [-0.4, -0.2) is 24.2 Å². The van der Waals surface area contributed by atoms with E-state index in [-0.39, 0.29) is 5.97 Å². The molecule has 15 heavy (non-hydrogen) atoms. The van der Waals surface area contributed by atoms with Gasteiger partial charge in [-0.05, 0) is 32.9 Å². The molecule has 0 bridgehead atoms. The van der Waals surface area contributed by atoms with Crippen LogP contribution in [0, 0.1) is 0 Å². The number of benzene rings is 1. The summed E-state index contributed by atoms with van der Waals surface area (Å²) in [7, 11) is -0.990. The number of hydrogen-bond donors (Lipinski definition) is 0. The smallest absolute Gasteiger partial charge is 0.315 e. The molecule has 0 radical (unpaired) electrons. The molecule has 1 aromatic carbocycles. The molecule has 0 atom stereocenters. The Labute approximate surface area is 99.5 Å². The fourth-order valence-corrected chi connectivity index (χ4v) is 2.26. The zero-order valence-electron chi connectivity index (χ0n) is 8.90. The van der Waals surface area contributed by atoms with E-state index >= 15 is 0 Å². The quantitative estimate of drug-likeness (QED) is 0.797. The van der Waals surface area contributed by atoms with Crippen molar-refractivity contribution in [2.24, 2.45) is 0 Å². The highest BCUT2D eigenvalue weighted by Gasteiger charge is 2.13. The maximum absolute atomic E-state index is 11.4. The molecule has 0 saturated heterocycles. The first-order valence-corrected chi connectivity index (χ1v) is 9.04. The number of carbonyl (C=O) groups excluding carboxylic acids is 1. The third kappa shape index (κ3) is 5.85. The van der Waals surface area contributed by atoms with Gasteiger partial charge in [-0.25, -0.2) is 0 Å². The second kappa shape index (κ2) is 5.56. The molecule has 84 valence electrons. The van der Waals surface area contributed by atoms with Gasteiger partial charge in [-0.15, -0.1) is 0 Å². The van der Waals surface area contributed by atoms with Crippen LogP contribution in [0.2, 0.25) is 0 Å². The van der Waals surface area contributed by atoms with E-state index < -0.39 is 8.46 Å². The van der Waals surface area contributed by atoms with Crippen molar-refractivity contribution in [2.75, 3.05) is 18.3 Å². The maximum Gasteiger partial charge on any atom is 0.315 e. The third-order valence-corrected chi connectivity index (χ3v) is 3.31. The van der Waals surface area contributed by atoms with Crippen LogP contribution in [0.3, 0.4) is 0 Å². The van der Waals surface area contributed by atoms with Gasteiger partial charge < -0.3 is 4.74 Å². The first-order valence-electron chi connectivity index (χ1n) is 4.57. The summed E-state index contributed by atoms with van der Waals surface area (Å²) in [5.41, 5.74) is 1.02. The van der Waals surface area contributed by atoms with Crippen LogP contribution in [0.5, 0.6) is 0 Å². The monoisotopic (exact) mass is 290 g/mol. The van der Waals surface area contributed by atoms with Crippen molar-refractivity contribution in [2.45, 2.75) is 6.61 Å². The summed E-state index contributed by atoms with van der Waals surface area (Å²) in [5.74, 6) is 0.315. The molecule has 1 rings (SSSR count). The van der Waals surface area contributed by atoms with Crippen LogP contribution in [0.15, 0.2) is 30.3 Å². The molecule has 0 amide bonds. The molecule has 0 N–H and O–H groups in total. The minimum absolute atomic E-state index is 0.143. The average molecular weight is 291 g/mol. The zero-order valence-corrected chi connectivity index (χ0v) is 11.3. The van der Waals surface area contributed by atoms with Gasteiger partial charge in [0.1, 0.15) is 6.61 Å². The van der Waals surface area contributed by atoms with E-state index in [2.05, 4.69) is 14.8 Å². The second-order valence-corrected chi connectivity index (χ2v) is 12.0. The predicted molar refractivity (Wildman–Crippen MR) is 69.5 cm³/mol. The molecule has 0 unspecified atom stereocenters. The molecule has 0 aliphatic rings. The highest BCUT2D eigenvalue weighted by molar-refractivity contribution is 9.58. The van der Waals surface area contributed by atoms with E-state index in [1.807, 2.05) is 42.8 Å². The maximum atomic E-state index is 11.4. The molecule has 1 aromatic rings. The van der Waals surface area contributed by atoms with E-state index in [1.165, 1.54) is 0 Å². The lowest BCUT2D eigenvalue weighted by atomic mass is 10.2. The first kappa shape index (κ1) is 12.6. The number of rotatable bonds is 4. The van der Waals surface area contributed by atoms with E-state index in [9.17, 15) is 4.79 Å². The van der Waals surface area contributed by atoms with Crippen LogP contribution >= 0.6 is 23.3 Å². The molecule has 0 aliphatic heterocycles. The summed E-state index contributed by atoms with van der Waals surface area (Å²) < 4.78 is 5.16. The average Bonchev–Trinajstić information content (AvgIpc) is 2.14. The van der Waals surface area contributed by atoms with Crippen LogP contribution in [-0.2, 0) is 16.1 Å². The molecule has 0 spiro atoms. The summed E-state index contributed by atoms with van der Waals surface area (Å²) >= 11 is 3.49. The van der Waals surface area contributed by atoms with E-state index in [0.717, 1.165) is 5.56 Å². The third-order valence-electron chi connectivity index (χ3n) is 1.70. The summed E-state index contributed by atoms with van der Waals surface area (Å²) in [4.78, 5) is 11.4. The fourth-order valence-electron chi connectivity index (χ4n) is 1.06. The van der Waals surface area contributed by atoms with E-state index in [4.69, 9.17) is 4.74 Å². The van der Waals surface area contributed by atoms with Crippen LogP contribution in [0.1, 0.15) is 5.56 Å². The minimum atomic E-state index is -0.990. The minimum Gasteiger partial charge on any atom is -0.460 e. The van der Waals surface area contributed by atoms with Gasteiger partial charge in [0.15, 0.2) is 0 Å². The first-order chi connectivity index (χ1) is 6.97. The second-order valence-electron chi connectivity index (χ2n) is 3.69. The van der Waals surface area contributed by atoms with Crippen molar-refractivity contribution in [1.82, 2.24) is 0 Å². The molecular formula is C11H15BrO2S. The predicted octanol–water partition coefficient (Wildman–Crippen LogP) is 3.10. The number of ether oxygens (including phenoxy) is 1. The fraction of sp³-hybridized carbons (Fsp3) is 0.364. The van der Waals surface area contributed by atoms with Crippen molar-refractivity contribution in [3.8, 4) is 0 Å². The van der Waals surface area contributed by atoms with Crippen molar-refractivity contribution >= 4 is 29.2 Å². The summed E-state index contributed by atoms with van der Waals surface area (Å²) in [6.07, 6.45) is 4.05. The highest BCUT2D eigenvalue weighted by atomic mass is 79.9. The van der Waals surface area contributed by atoms with Crippen molar-refractivity contribution < 1.29 is 9.53 Å². The van der Waals surface area contributed by atoms with Crippen molar-refractivity contribution in [3.05, 3.63) is 35.9 Å². The van der Waals surface area contributed by atoms with Gasteiger partial charge in [0.25, 0.3) is 0 Å². The Bertz CT molecular complexity index is 319. The van der Waals surface area contributed by atoms with Gasteiger partial charge in [0.05, 0.1) is 5.75 Å². The number of carbonyl (C=O) groups is 1. The summed E-state index contributed by atoms with van der Waals surface area (Å²) in [6, 6.07) is 9.70. The number of halogens is 1. The van der Waals surface area contributed by atoms with Crippen molar-refractivity contribution in [1.29, 1.82) is 0 Å². The Morgan fingerprint density at radius 1 is 1.33 bits per heavy atom. The summed E-state index contributed by atoms with van der Waals surface area (Å²) in [5, 5.41) is 0. The van der Waals surface area contributed by atoms with Crippen LogP contribution < -0.4 is 0 Å². The van der Waals surface area contributed by atoms with E-state index in [1.54, 1.807) is 0 Å². The lowest BCUT2D eigenvalue weighted by Gasteiger charge is -2.20. The molecule has 0 aliphatic carbocycles. The van der Waals surface area contributed by atoms with Gasteiger partial charge >= 0.3 is 5.97 Å². The standard InChI is InChI=1S/C11H15BrO2S/c1-15(2,12)9-11(13)14-8-10-6-4-3-5-7-10/h3-7H,8-9H2,1-2H3. The zero-order chi connectivity index (χ0) is 11.3.